The summed E-state index contributed by atoms with van der Waals surface area (Å²) < 4.78 is 1.88. The lowest BCUT2D eigenvalue weighted by Gasteiger charge is -2.32. The highest BCUT2D eigenvalue weighted by Crippen LogP contribution is 2.32. The standard InChI is InChI=1S/C45H47N9O3/c1-28(2)37-23-46-43(47-24-37)45(57)48-22-35-9-8-34(20-29(35)3)42-40-21-36(26-54(40)50-27-49-42)32-6-4-30(5-7-32)25-53-18-16-33(17-19-53)31-10-12-38(13-11-31)51-39-14-15-41(55)52-44(39)56/h4-13,20-21,23-24,26-28,33,39,51H,14-19,22,25H2,1-3H3,(H,48,57)(H,52,55,56). The fourth-order valence-electron chi connectivity index (χ4n) is 7.73. The van der Waals surface area contributed by atoms with Crippen LogP contribution in [0.4, 0.5) is 5.69 Å². The van der Waals surface area contributed by atoms with Crippen molar-refractivity contribution in [3.8, 4) is 22.4 Å². The molecular weight excluding hydrogens is 715 g/mol. The van der Waals surface area contributed by atoms with Crippen molar-refractivity contribution in [1.82, 2.24) is 40.1 Å². The van der Waals surface area contributed by atoms with Crippen molar-refractivity contribution >= 4 is 28.9 Å². The third kappa shape index (κ3) is 8.61. The minimum absolute atomic E-state index is 0.163. The van der Waals surface area contributed by atoms with Gasteiger partial charge in [-0.25, -0.2) is 19.5 Å². The van der Waals surface area contributed by atoms with Crippen LogP contribution in [0.2, 0.25) is 0 Å². The number of nitrogens with zero attached hydrogens (tertiary/aromatic N) is 6. The maximum atomic E-state index is 12.7. The van der Waals surface area contributed by atoms with E-state index in [-0.39, 0.29) is 29.6 Å². The van der Waals surface area contributed by atoms with Crippen LogP contribution in [-0.2, 0) is 22.7 Å². The molecule has 0 aliphatic carbocycles. The number of piperidine rings is 2. The minimum atomic E-state index is -0.374. The summed E-state index contributed by atoms with van der Waals surface area (Å²) in [5.74, 6) is 0.213. The zero-order chi connectivity index (χ0) is 39.5. The highest BCUT2D eigenvalue weighted by atomic mass is 16.2. The monoisotopic (exact) mass is 761 g/mol. The lowest BCUT2D eigenvalue weighted by molar-refractivity contribution is -0.133. The van der Waals surface area contributed by atoms with Crippen LogP contribution >= 0.6 is 0 Å². The number of aryl methyl sites for hydroxylation is 1. The van der Waals surface area contributed by atoms with Crippen LogP contribution in [0.1, 0.15) is 89.8 Å². The molecule has 2 aliphatic rings. The fraction of sp³-hybridized carbons (Fsp3) is 0.311. The fourth-order valence-corrected chi connectivity index (χ4v) is 7.73. The van der Waals surface area contributed by atoms with E-state index in [9.17, 15) is 14.4 Å². The number of rotatable bonds is 11. The Labute approximate surface area is 332 Å². The van der Waals surface area contributed by atoms with E-state index in [1.807, 2.05) is 41.9 Å². The number of hydrogen-bond acceptors (Lipinski definition) is 9. The number of fused-ring (bicyclic) bond motifs is 1. The molecule has 1 unspecified atom stereocenters. The Morgan fingerprint density at radius 1 is 0.877 bits per heavy atom. The second kappa shape index (κ2) is 16.4. The van der Waals surface area contributed by atoms with E-state index >= 15 is 0 Å². The molecule has 2 saturated heterocycles. The summed E-state index contributed by atoms with van der Waals surface area (Å²) in [5, 5.41) is 13.1. The number of imide groups is 1. The number of anilines is 1. The van der Waals surface area contributed by atoms with Crippen molar-refractivity contribution in [2.24, 2.45) is 0 Å². The molecule has 5 heterocycles. The Balaban J connectivity index is 0.856. The van der Waals surface area contributed by atoms with Crippen molar-refractivity contribution in [1.29, 1.82) is 0 Å². The molecule has 3 N–H and O–H groups in total. The zero-order valence-electron chi connectivity index (χ0n) is 32.5. The maximum Gasteiger partial charge on any atom is 0.289 e. The topological polar surface area (TPSA) is 147 Å². The summed E-state index contributed by atoms with van der Waals surface area (Å²) in [4.78, 5) is 52.0. The van der Waals surface area contributed by atoms with Gasteiger partial charge in [0.1, 0.15) is 12.4 Å². The highest BCUT2D eigenvalue weighted by molar-refractivity contribution is 6.01. The first-order valence-corrected chi connectivity index (χ1v) is 19.7. The smallest absolute Gasteiger partial charge is 0.289 e. The Kier molecular flexibility index (Phi) is 10.9. The van der Waals surface area contributed by atoms with Crippen LogP contribution in [0.15, 0.2) is 97.7 Å². The quantitative estimate of drug-likeness (QED) is 0.121. The van der Waals surface area contributed by atoms with Gasteiger partial charge in [-0.2, -0.15) is 5.10 Å². The Morgan fingerprint density at radius 3 is 2.32 bits per heavy atom. The van der Waals surface area contributed by atoms with Crippen LogP contribution in [0.5, 0.6) is 0 Å². The summed E-state index contributed by atoms with van der Waals surface area (Å²) in [6.45, 7) is 9.51. The molecule has 6 aromatic rings. The molecule has 0 bridgehead atoms. The zero-order valence-corrected chi connectivity index (χ0v) is 32.5. The molecule has 2 aliphatic heterocycles. The molecule has 12 heteroatoms. The van der Waals surface area contributed by atoms with Crippen LogP contribution < -0.4 is 16.0 Å². The van der Waals surface area contributed by atoms with E-state index in [0.29, 0.717) is 31.2 Å². The van der Waals surface area contributed by atoms with Crippen molar-refractivity contribution < 1.29 is 14.4 Å². The molecule has 3 aromatic heterocycles. The highest BCUT2D eigenvalue weighted by Gasteiger charge is 2.27. The van der Waals surface area contributed by atoms with Crippen LogP contribution in [-0.4, -0.2) is 66.3 Å². The van der Waals surface area contributed by atoms with Crippen molar-refractivity contribution in [3.63, 3.8) is 0 Å². The van der Waals surface area contributed by atoms with Gasteiger partial charge in [-0.1, -0.05) is 62.4 Å². The number of nitrogens with one attached hydrogen (secondary N) is 3. The number of benzene rings is 3. The lowest BCUT2D eigenvalue weighted by atomic mass is 9.89. The van der Waals surface area contributed by atoms with Gasteiger partial charge in [-0.3, -0.25) is 24.6 Å². The average Bonchev–Trinajstić information content (AvgIpc) is 3.67. The van der Waals surface area contributed by atoms with E-state index < -0.39 is 0 Å². The van der Waals surface area contributed by atoms with Gasteiger partial charge in [0.2, 0.25) is 17.6 Å². The summed E-state index contributed by atoms with van der Waals surface area (Å²) in [6, 6.07) is 25.2. The number of likely N-dealkylation sites (tertiary alicyclic amines) is 1. The average molecular weight is 762 g/mol. The predicted molar refractivity (Wildman–Crippen MR) is 219 cm³/mol. The summed E-state index contributed by atoms with van der Waals surface area (Å²) in [6.07, 6.45) is 10.1. The largest absolute Gasteiger partial charge is 0.374 e. The molecule has 0 saturated carbocycles. The van der Waals surface area contributed by atoms with E-state index in [4.69, 9.17) is 0 Å². The second-order valence-electron chi connectivity index (χ2n) is 15.5. The van der Waals surface area contributed by atoms with Gasteiger partial charge in [0.15, 0.2) is 0 Å². The molecule has 8 rings (SSSR count). The lowest BCUT2D eigenvalue weighted by Crippen LogP contribution is -2.47. The van der Waals surface area contributed by atoms with Gasteiger partial charge in [0.05, 0.1) is 11.2 Å². The molecule has 0 spiro atoms. The van der Waals surface area contributed by atoms with E-state index in [1.165, 1.54) is 11.1 Å². The maximum absolute atomic E-state index is 12.7. The number of hydrogen-bond donors (Lipinski definition) is 3. The van der Waals surface area contributed by atoms with Crippen molar-refractivity contribution in [3.05, 3.63) is 131 Å². The summed E-state index contributed by atoms with van der Waals surface area (Å²) >= 11 is 0. The van der Waals surface area contributed by atoms with E-state index in [0.717, 1.165) is 82.8 Å². The van der Waals surface area contributed by atoms with Crippen molar-refractivity contribution in [2.45, 2.75) is 77.4 Å². The molecule has 3 aromatic carbocycles. The first-order chi connectivity index (χ1) is 27.7. The summed E-state index contributed by atoms with van der Waals surface area (Å²) in [5.41, 5.74) is 11.5. The van der Waals surface area contributed by atoms with Crippen LogP contribution in [0.3, 0.4) is 0 Å². The number of amides is 3. The first-order valence-electron chi connectivity index (χ1n) is 19.7. The van der Waals surface area contributed by atoms with E-state index in [2.05, 4.69) is 103 Å². The van der Waals surface area contributed by atoms with Gasteiger partial charge < -0.3 is 10.6 Å². The van der Waals surface area contributed by atoms with Crippen LogP contribution in [0.25, 0.3) is 27.9 Å². The Morgan fingerprint density at radius 2 is 1.61 bits per heavy atom. The number of aromatic nitrogens is 5. The molecule has 0 radical (unpaired) electrons. The predicted octanol–water partition coefficient (Wildman–Crippen LogP) is 6.81. The van der Waals surface area contributed by atoms with Gasteiger partial charge in [0.25, 0.3) is 5.91 Å². The van der Waals surface area contributed by atoms with E-state index in [1.54, 1.807) is 18.7 Å². The normalized spacial score (nSPS) is 16.5. The van der Waals surface area contributed by atoms with Gasteiger partial charge >= 0.3 is 0 Å². The second-order valence-corrected chi connectivity index (χ2v) is 15.5. The number of carbonyl (C=O) groups is 3. The first kappa shape index (κ1) is 37.6. The molecule has 1 atom stereocenters. The number of carbonyl (C=O) groups excluding carboxylic acids is 3. The molecule has 12 nitrogen and oxygen atoms in total. The third-order valence-electron chi connectivity index (χ3n) is 11.2. The van der Waals surface area contributed by atoms with Gasteiger partial charge in [-0.05, 0) is 109 Å². The minimum Gasteiger partial charge on any atom is -0.374 e. The summed E-state index contributed by atoms with van der Waals surface area (Å²) in [7, 11) is 0. The molecule has 57 heavy (non-hydrogen) atoms. The molecule has 3 amide bonds. The van der Waals surface area contributed by atoms with Gasteiger partial charge in [0, 0.05) is 54.9 Å². The SMILES string of the molecule is Cc1cc(-c2ncnn3cc(-c4ccc(CN5CCC(c6ccc(NC7CCC(=O)NC7=O)cc6)CC5)cc4)cc23)ccc1CNC(=O)c1ncc(C(C)C)cn1. The molecule has 290 valence electrons. The molecular formula is C45H47N9O3. The Hall–Kier alpha value is -6.27. The Bertz CT molecular complexity index is 2400. The third-order valence-corrected chi connectivity index (χ3v) is 11.2. The van der Waals surface area contributed by atoms with Gasteiger partial charge in [-0.15, -0.1) is 0 Å². The van der Waals surface area contributed by atoms with Crippen molar-refractivity contribution in [2.75, 3.05) is 18.4 Å². The molecule has 2 fully saturated rings. The van der Waals surface area contributed by atoms with Crippen LogP contribution in [0, 0.1) is 6.92 Å².